The minimum absolute atomic E-state index is 0.164. The Labute approximate surface area is 140 Å². The van der Waals surface area contributed by atoms with E-state index in [1.807, 2.05) is 34.5 Å². The predicted molar refractivity (Wildman–Crippen MR) is 93.4 cm³/mol. The van der Waals surface area contributed by atoms with Crippen molar-refractivity contribution in [2.24, 2.45) is 0 Å². The molecule has 5 heteroatoms. The first kappa shape index (κ1) is 17.0. The molecule has 0 aliphatic heterocycles. The molecular formula is C17H21ClN2OS. The van der Waals surface area contributed by atoms with E-state index in [0.29, 0.717) is 11.4 Å². The van der Waals surface area contributed by atoms with Crippen molar-refractivity contribution >= 4 is 28.8 Å². The van der Waals surface area contributed by atoms with Crippen molar-refractivity contribution < 1.29 is 4.79 Å². The van der Waals surface area contributed by atoms with Crippen molar-refractivity contribution in [3.05, 3.63) is 40.4 Å². The molecule has 0 atom stereocenters. The van der Waals surface area contributed by atoms with Crippen LogP contribution >= 0.6 is 22.9 Å². The zero-order valence-corrected chi connectivity index (χ0v) is 14.6. The summed E-state index contributed by atoms with van der Waals surface area (Å²) in [5.74, 6) is 0.164. The van der Waals surface area contributed by atoms with Gasteiger partial charge >= 0.3 is 0 Å². The fraction of sp³-hybridized carbons (Fsp3) is 0.412. The number of amides is 1. The fourth-order valence-corrected chi connectivity index (χ4v) is 3.23. The molecule has 1 amide bonds. The van der Waals surface area contributed by atoms with Crippen LogP contribution in [-0.4, -0.2) is 28.9 Å². The average Bonchev–Trinajstić information content (AvgIpc) is 2.96. The van der Waals surface area contributed by atoms with E-state index in [9.17, 15) is 4.79 Å². The van der Waals surface area contributed by atoms with Crippen LogP contribution in [0.4, 0.5) is 0 Å². The van der Waals surface area contributed by atoms with E-state index in [-0.39, 0.29) is 5.91 Å². The number of carbonyl (C=O) groups is 1. The van der Waals surface area contributed by atoms with E-state index in [4.69, 9.17) is 11.6 Å². The van der Waals surface area contributed by atoms with Gasteiger partial charge in [0.05, 0.1) is 12.1 Å². The maximum Gasteiger partial charge on any atom is 0.228 e. The molecule has 2 aromatic rings. The first-order chi connectivity index (χ1) is 10.6. The molecule has 0 radical (unpaired) electrons. The van der Waals surface area contributed by atoms with Crippen LogP contribution < -0.4 is 0 Å². The molecule has 0 fully saturated rings. The zero-order valence-electron chi connectivity index (χ0n) is 13.0. The van der Waals surface area contributed by atoms with Gasteiger partial charge in [-0.25, -0.2) is 4.98 Å². The van der Waals surface area contributed by atoms with Crippen molar-refractivity contribution in [3.8, 4) is 10.6 Å². The summed E-state index contributed by atoms with van der Waals surface area (Å²) in [6, 6.07) is 7.61. The molecule has 0 bridgehead atoms. The maximum atomic E-state index is 12.4. The topological polar surface area (TPSA) is 33.2 Å². The second kappa shape index (κ2) is 8.30. The number of hydrogen-bond donors (Lipinski definition) is 0. The van der Waals surface area contributed by atoms with Crippen LogP contribution in [0.3, 0.4) is 0 Å². The molecule has 2 rings (SSSR count). The van der Waals surface area contributed by atoms with Gasteiger partial charge in [0.2, 0.25) is 5.91 Å². The number of hydrogen-bond acceptors (Lipinski definition) is 3. The lowest BCUT2D eigenvalue weighted by Crippen LogP contribution is -2.33. The van der Waals surface area contributed by atoms with Crippen LogP contribution in [0.2, 0.25) is 5.02 Å². The number of rotatable bonds is 7. The third-order valence-electron chi connectivity index (χ3n) is 3.32. The van der Waals surface area contributed by atoms with Crippen LogP contribution in [0.5, 0.6) is 0 Å². The van der Waals surface area contributed by atoms with Gasteiger partial charge in [0, 0.05) is 29.1 Å². The number of thiazole rings is 1. The molecule has 1 aromatic heterocycles. The normalized spacial score (nSPS) is 10.7. The largest absolute Gasteiger partial charge is 0.342 e. The lowest BCUT2D eigenvalue weighted by Gasteiger charge is -2.20. The van der Waals surface area contributed by atoms with Crippen LogP contribution in [0.1, 0.15) is 32.4 Å². The van der Waals surface area contributed by atoms with Gasteiger partial charge in [-0.15, -0.1) is 11.3 Å². The molecule has 0 spiro atoms. The van der Waals surface area contributed by atoms with Gasteiger partial charge < -0.3 is 4.90 Å². The minimum Gasteiger partial charge on any atom is -0.342 e. The summed E-state index contributed by atoms with van der Waals surface area (Å²) in [6.07, 6.45) is 2.35. The first-order valence-corrected chi connectivity index (χ1v) is 8.88. The van der Waals surface area contributed by atoms with Crippen LogP contribution in [-0.2, 0) is 11.2 Å². The minimum atomic E-state index is 0.164. The van der Waals surface area contributed by atoms with E-state index in [0.717, 1.165) is 42.2 Å². The SMILES string of the molecule is CCCN(CCC)C(=O)Cc1csc(-c2ccc(Cl)cc2)n1. The molecule has 3 nitrogen and oxygen atoms in total. The van der Waals surface area contributed by atoms with Gasteiger partial charge in [-0.05, 0) is 25.0 Å². The Kier molecular flexibility index (Phi) is 6.40. The van der Waals surface area contributed by atoms with Crippen LogP contribution in [0.15, 0.2) is 29.6 Å². The third-order valence-corrected chi connectivity index (χ3v) is 4.51. The van der Waals surface area contributed by atoms with Crippen molar-refractivity contribution in [1.29, 1.82) is 0 Å². The van der Waals surface area contributed by atoms with Crippen LogP contribution in [0, 0.1) is 0 Å². The van der Waals surface area contributed by atoms with E-state index in [1.165, 1.54) is 0 Å². The monoisotopic (exact) mass is 336 g/mol. The highest BCUT2D eigenvalue weighted by Crippen LogP contribution is 2.25. The number of halogens is 1. The highest BCUT2D eigenvalue weighted by atomic mass is 35.5. The molecule has 0 aliphatic rings. The molecule has 22 heavy (non-hydrogen) atoms. The Morgan fingerprint density at radius 3 is 2.41 bits per heavy atom. The van der Waals surface area contributed by atoms with Gasteiger partial charge in [-0.2, -0.15) is 0 Å². The Balaban J connectivity index is 2.05. The van der Waals surface area contributed by atoms with Crippen molar-refractivity contribution in [1.82, 2.24) is 9.88 Å². The molecule has 0 saturated heterocycles. The molecule has 0 saturated carbocycles. The summed E-state index contributed by atoms with van der Waals surface area (Å²) in [4.78, 5) is 18.9. The second-order valence-electron chi connectivity index (χ2n) is 5.21. The highest BCUT2D eigenvalue weighted by molar-refractivity contribution is 7.13. The predicted octanol–water partition coefficient (Wildman–Crippen LogP) is 4.65. The standard InChI is InChI=1S/C17H21ClN2OS/c1-3-9-20(10-4-2)16(21)11-15-12-22-17(19-15)13-5-7-14(18)8-6-13/h5-8,12H,3-4,9-11H2,1-2H3. The lowest BCUT2D eigenvalue weighted by molar-refractivity contribution is -0.130. The molecule has 0 N–H and O–H groups in total. The lowest BCUT2D eigenvalue weighted by atomic mass is 10.2. The number of carbonyl (C=O) groups excluding carboxylic acids is 1. The quantitative estimate of drug-likeness (QED) is 0.737. The Morgan fingerprint density at radius 2 is 1.82 bits per heavy atom. The molecule has 0 aliphatic carbocycles. The van der Waals surface area contributed by atoms with Crippen molar-refractivity contribution in [2.45, 2.75) is 33.1 Å². The van der Waals surface area contributed by atoms with Gasteiger partial charge in [0.15, 0.2) is 0 Å². The Hall–Kier alpha value is -1.39. The first-order valence-electron chi connectivity index (χ1n) is 7.62. The molecule has 1 heterocycles. The molecule has 0 unspecified atom stereocenters. The summed E-state index contributed by atoms with van der Waals surface area (Å²) >= 11 is 7.46. The van der Waals surface area contributed by atoms with Crippen molar-refractivity contribution in [3.63, 3.8) is 0 Å². The zero-order chi connectivity index (χ0) is 15.9. The second-order valence-corrected chi connectivity index (χ2v) is 6.50. The third kappa shape index (κ3) is 4.55. The van der Waals surface area contributed by atoms with E-state index < -0.39 is 0 Å². The average molecular weight is 337 g/mol. The van der Waals surface area contributed by atoms with Crippen LogP contribution in [0.25, 0.3) is 10.6 Å². The maximum absolute atomic E-state index is 12.4. The van der Waals surface area contributed by atoms with Gasteiger partial charge in [0.25, 0.3) is 0 Å². The van der Waals surface area contributed by atoms with Gasteiger partial charge in [-0.3, -0.25) is 4.79 Å². The van der Waals surface area contributed by atoms with E-state index in [2.05, 4.69) is 18.8 Å². The molecule has 1 aromatic carbocycles. The van der Waals surface area contributed by atoms with Gasteiger partial charge in [0.1, 0.15) is 5.01 Å². The van der Waals surface area contributed by atoms with Crippen molar-refractivity contribution in [2.75, 3.05) is 13.1 Å². The summed E-state index contributed by atoms with van der Waals surface area (Å²) in [7, 11) is 0. The smallest absolute Gasteiger partial charge is 0.228 e. The Bertz CT molecular complexity index is 603. The van der Waals surface area contributed by atoms with E-state index >= 15 is 0 Å². The van der Waals surface area contributed by atoms with Gasteiger partial charge in [-0.1, -0.05) is 37.6 Å². The Morgan fingerprint density at radius 1 is 1.18 bits per heavy atom. The summed E-state index contributed by atoms with van der Waals surface area (Å²) in [5, 5.41) is 3.61. The van der Waals surface area contributed by atoms with E-state index in [1.54, 1.807) is 11.3 Å². The molecule has 118 valence electrons. The highest BCUT2D eigenvalue weighted by Gasteiger charge is 2.14. The number of aromatic nitrogens is 1. The molecular weight excluding hydrogens is 316 g/mol. The summed E-state index contributed by atoms with van der Waals surface area (Å²) in [6.45, 7) is 5.83. The fourth-order valence-electron chi connectivity index (χ4n) is 2.28. The number of benzene rings is 1. The number of nitrogens with zero attached hydrogens (tertiary/aromatic N) is 2. The summed E-state index contributed by atoms with van der Waals surface area (Å²) < 4.78 is 0. The summed E-state index contributed by atoms with van der Waals surface area (Å²) in [5.41, 5.74) is 1.88.